The highest BCUT2D eigenvalue weighted by atomic mass is 16.4. The van der Waals surface area contributed by atoms with Crippen LogP contribution in [0.3, 0.4) is 0 Å². The summed E-state index contributed by atoms with van der Waals surface area (Å²) in [4.78, 5) is 61.1. The lowest BCUT2D eigenvalue weighted by Gasteiger charge is -2.27. The second kappa shape index (κ2) is 10.7. The van der Waals surface area contributed by atoms with Gasteiger partial charge in [-0.1, -0.05) is 13.8 Å². The molecular weight excluding hydrogens is 382 g/mol. The van der Waals surface area contributed by atoms with Gasteiger partial charge in [0, 0.05) is 6.54 Å². The summed E-state index contributed by atoms with van der Waals surface area (Å²) in [6.07, 6.45) is 0.744. The minimum absolute atomic E-state index is 0.195. The Balaban J connectivity index is 2.80. The maximum Gasteiger partial charge on any atom is 0.326 e. The normalized spacial score (nSPS) is 19.3. The molecule has 0 aliphatic carbocycles. The Morgan fingerprint density at radius 3 is 2.24 bits per heavy atom. The number of carboxylic acids is 1. The number of aliphatic carboxylic acids is 1. The zero-order valence-corrected chi connectivity index (χ0v) is 17.0. The maximum absolute atomic E-state index is 12.7. The van der Waals surface area contributed by atoms with Crippen molar-refractivity contribution in [2.45, 2.75) is 70.6 Å². The van der Waals surface area contributed by atoms with E-state index < -0.39 is 60.2 Å². The van der Waals surface area contributed by atoms with Crippen LogP contribution < -0.4 is 22.1 Å². The second-order valence-electron chi connectivity index (χ2n) is 7.73. The van der Waals surface area contributed by atoms with Crippen molar-refractivity contribution in [3.05, 3.63) is 0 Å². The molecular formula is C18H31N5O6. The van der Waals surface area contributed by atoms with Crippen molar-refractivity contribution in [3.63, 3.8) is 0 Å². The molecule has 11 nitrogen and oxygen atoms in total. The van der Waals surface area contributed by atoms with Gasteiger partial charge in [0.2, 0.25) is 23.6 Å². The second-order valence-corrected chi connectivity index (χ2v) is 7.73. The highest BCUT2D eigenvalue weighted by Crippen LogP contribution is 2.19. The Labute approximate surface area is 169 Å². The Bertz CT molecular complexity index is 653. The monoisotopic (exact) mass is 413 g/mol. The van der Waals surface area contributed by atoms with Crippen LogP contribution in [0.5, 0.6) is 0 Å². The van der Waals surface area contributed by atoms with Gasteiger partial charge in [-0.3, -0.25) is 19.2 Å². The van der Waals surface area contributed by atoms with Crippen LogP contribution >= 0.6 is 0 Å². The van der Waals surface area contributed by atoms with Gasteiger partial charge in [-0.25, -0.2) is 4.79 Å². The van der Waals surface area contributed by atoms with E-state index >= 15 is 0 Å². The number of nitrogens with one attached hydrogen (secondary N) is 2. The van der Waals surface area contributed by atoms with Crippen molar-refractivity contribution in [3.8, 4) is 0 Å². The average Bonchev–Trinajstić information content (AvgIpc) is 3.09. The zero-order valence-electron chi connectivity index (χ0n) is 17.0. The number of carbonyl (C=O) groups is 5. The van der Waals surface area contributed by atoms with Gasteiger partial charge in [-0.15, -0.1) is 0 Å². The van der Waals surface area contributed by atoms with E-state index in [0.29, 0.717) is 19.3 Å². The fourth-order valence-corrected chi connectivity index (χ4v) is 3.19. The predicted molar refractivity (Wildman–Crippen MR) is 103 cm³/mol. The molecule has 0 radical (unpaired) electrons. The van der Waals surface area contributed by atoms with E-state index in [-0.39, 0.29) is 12.5 Å². The fourth-order valence-electron chi connectivity index (χ4n) is 3.19. The molecule has 1 saturated heterocycles. The maximum atomic E-state index is 12.7. The lowest BCUT2D eigenvalue weighted by atomic mass is 10.0. The number of carboxylic acid groups (broad SMARTS) is 1. The Morgan fingerprint density at radius 2 is 1.72 bits per heavy atom. The molecule has 1 heterocycles. The lowest BCUT2D eigenvalue weighted by Crippen LogP contribution is -2.57. The highest BCUT2D eigenvalue weighted by Gasteiger charge is 2.38. The van der Waals surface area contributed by atoms with Crippen LogP contribution in [0.25, 0.3) is 0 Å². The average molecular weight is 413 g/mol. The molecule has 164 valence electrons. The van der Waals surface area contributed by atoms with Crippen molar-refractivity contribution < 1.29 is 29.1 Å². The molecule has 1 rings (SSSR count). The SMILES string of the molecule is CC(C)CC(N)C(=O)NC(C)C(=O)NC(CC(N)=O)C(=O)N1CCCC1C(=O)O. The van der Waals surface area contributed by atoms with Gasteiger partial charge in [-0.05, 0) is 32.1 Å². The molecule has 4 amide bonds. The minimum Gasteiger partial charge on any atom is -0.480 e. The number of carbonyl (C=O) groups excluding carboxylic acids is 4. The third-order valence-corrected chi connectivity index (χ3v) is 4.65. The summed E-state index contributed by atoms with van der Waals surface area (Å²) in [5, 5.41) is 14.1. The fraction of sp³-hybridized carbons (Fsp3) is 0.722. The number of primary amides is 1. The van der Waals surface area contributed by atoms with Gasteiger partial charge in [0.05, 0.1) is 12.5 Å². The van der Waals surface area contributed by atoms with Gasteiger partial charge in [-0.2, -0.15) is 0 Å². The first-order chi connectivity index (χ1) is 13.4. The number of nitrogens with zero attached hydrogens (tertiary/aromatic N) is 1. The number of rotatable bonds is 10. The first-order valence-electron chi connectivity index (χ1n) is 9.61. The number of nitrogens with two attached hydrogens (primary N) is 2. The van der Waals surface area contributed by atoms with Crippen molar-refractivity contribution >= 4 is 29.6 Å². The third kappa shape index (κ3) is 7.33. The summed E-state index contributed by atoms with van der Waals surface area (Å²) in [5.41, 5.74) is 11.0. The molecule has 0 saturated carbocycles. The van der Waals surface area contributed by atoms with E-state index in [4.69, 9.17) is 11.5 Å². The van der Waals surface area contributed by atoms with Crippen LogP contribution in [0, 0.1) is 5.92 Å². The largest absolute Gasteiger partial charge is 0.480 e. The van der Waals surface area contributed by atoms with Gasteiger partial charge in [0.15, 0.2) is 0 Å². The van der Waals surface area contributed by atoms with E-state index in [1.165, 1.54) is 6.92 Å². The number of hydrogen-bond donors (Lipinski definition) is 5. The number of likely N-dealkylation sites (tertiary alicyclic amines) is 1. The van der Waals surface area contributed by atoms with Crippen molar-refractivity contribution in [2.24, 2.45) is 17.4 Å². The van der Waals surface area contributed by atoms with Crippen LogP contribution in [0.15, 0.2) is 0 Å². The first-order valence-corrected chi connectivity index (χ1v) is 9.61. The van der Waals surface area contributed by atoms with Gasteiger partial charge >= 0.3 is 5.97 Å². The summed E-state index contributed by atoms with van der Waals surface area (Å²) < 4.78 is 0. The first kappa shape index (κ1) is 24.3. The summed E-state index contributed by atoms with van der Waals surface area (Å²) in [6.45, 7) is 5.44. The Kier molecular flexibility index (Phi) is 9.02. The van der Waals surface area contributed by atoms with E-state index in [9.17, 15) is 29.1 Å². The minimum atomic E-state index is -1.32. The molecule has 0 aromatic rings. The Hall–Kier alpha value is -2.69. The predicted octanol–water partition coefficient (Wildman–Crippen LogP) is -1.70. The standard InChI is InChI=1S/C18H31N5O6/c1-9(2)7-11(19)16(26)21-10(3)15(25)22-12(8-14(20)24)17(27)23-6-4-5-13(23)18(28)29/h9-13H,4-8,19H2,1-3H3,(H2,20,24)(H,21,26)(H,22,25)(H,28,29). The quantitative estimate of drug-likeness (QED) is 0.282. The van der Waals surface area contributed by atoms with Crippen LogP contribution in [0.4, 0.5) is 0 Å². The summed E-state index contributed by atoms with van der Waals surface area (Å²) in [6, 6.07) is -4.13. The summed E-state index contributed by atoms with van der Waals surface area (Å²) >= 11 is 0. The van der Waals surface area contributed by atoms with E-state index in [2.05, 4.69) is 10.6 Å². The van der Waals surface area contributed by atoms with Crippen molar-refractivity contribution in [1.82, 2.24) is 15.5 Å². The molecule has 1 fully saturated rings. The van der Waals surface area contributed by atoms with Gasteiger partial charge in [0.1, 0.15) is 18.1 Å². The molecule has 1 aliphatic heterocycles. The topological polar surface area (TPSA) is 185 Å². The highest BCUT2D eigenvalue weighted by molar-refractivity contribution is 5.96. The van der Waals surface area contributed by atoms with Gasteiger partial charge < -0.3 is 32.1 Å². The van der Waals surface area contributed by atoms with Crippen LogP contribution in [0.1, 0.15) is 46.5 Å². The van der Waals surface area contributed by atoms with Crippen LogP contribution in [-0.4, -0.2) is 70.3 Å². The molecule has 0 spiro atoms. The molecule has 0 bridgehead atoms. The smallest absolute Gasteiger partial charge is 0.326 e. The Morgan fingerprint density at radius 1 is 1.10 bits per heavy atom. The third-order valence-electron chi connectivity index (χ3n) is 4.65. The van der Waals surface area contributed by atoms with Crippen LogP contribution in [-0.2, 0) is 24.0 Å². The molecule has 0 aromatic carbocycles. The van der Waals surface area contributed by atoms with Crippen LogP contribution in [0.2, 0.25) is 0 Å². The molecule has 7 N–H and O–H groups in total. The van der Waals surface area contributed by atoms with E-state index in [1.807, 2.05) is 13.8 Å². The lowest BCUT2D eigenvalue weighted by molar-refractivity contribution is -0.149. The molecule has 11 heteroatoms. The molecule has 4 unspecified atom stereocenters. The summed E-state index contributed by atoms with van der Waals surface area (Å²) in [5.74, 6) is -3.70. The van der Waals surface area contributed by atoms with E-state index in [0.717, 1.165) is 4.90 Å². The molecule has 4 atom stereocenters. The van der Waals surface area contributed by atoms with Crippen molar-refractivity contribution in [2.75, 3.05) is 6.54 Å². The summed E-state index contributed by atoms with van der Waals surface area (Å²) in [7, 11) is 0. The van der Waals surface area contributed by atoms with Gasteiger partial charge in [0.25, 0.3) is 0 Å². The number of hydrogen-bond acceptors (Lipinski definition) is 6. The van der Waals surface area contributed by atoms with Crippen molar-refractivity contribution in [1.29, 1.82) is 0 Å². The zero-order chi connectivity index (χ0) is 22.3. The molecule has 1 aliphatic rings. The van der Waals surface area contributed by atoms with E-state index in [1.54, 1.807) is 0 Å². The molecule has 0 aromatic heterocycles. The molecule has 29 heavy (non-hydrogen) atoms. The number of amides is 4.